The highest BCUT2D eigenvalue weighted by Crippen LogP contribution is 2.24. The summed E-state index contributed by atoms with van der Waals surface area (Å²) in [6, 6.07) is 2.79. The quantitative estimate of drug-likeness (QED) is 0.870. The Bertz CT molecular complexity index is 513. The summed E-state index contributed by atoms with van der Waals surface area (Å²) in [7, 11) is 0. The molecule has 2 aromatic heterocycles. The summed E-state index contributed by atoms with van der Waals surface area (Å²) < 4.78 is 2.04. The summed E-state index contributed by atoms with van der Waals surface area (Å²) in [4.78, 5) is 4.69. The van der Waals surface area contributed by atoms with Crippen molar-refractivity contribution in [2.45, 2.75) is 45.3 Å². The highest BCUT2D eigenvalue weighted by Gasteiger charge is 2.20. The molecule has 4 nitrogen and oxygen atoms in total. The normalized spacial score (nSPS) is 15.2. The smallest absolute Gasteiger partial charge is 0.141 e. The van der Waals surface area contributed by atoms with Crippen molar-refractivity contribution in [2.24, 2.45) is 0 Å². The minimum absolute atomic E-state index is 0.737. The van der Waals surface area contributed by atoms with Crippen LogP contribution in [0.5, 0.6) is 0 Å². The highest BCUT2D eigenvalue weighted by atomic mass is 32.1. The van der Waals surface area contributed by atoms with Crippen LogP contribution in [0.3, 0.4) is 0 Å². The van der Waals surface area contributed by atoms with Gasteiger partial charge in [0.05, 0.1) is 11.4 Å². The van der Waals surface area contributed by atoms with Crippen LogP contribution in [0.25, 0.3) is 10.7 Å². The number of aryl methyl sites for hydroxylation is 1. The minimum atomic E-state index is 0.737. The molecule has 96 valence electrons. The minimum Gasteiger partial charge on any atom is -0.308 e. The first-order chi connectivity index (χ1) is 8.86. The van der Waals surface area contributed by atoms with Crippen LogP contribution in [0, 0.1) is 0 Å². The van der Waals surface area contributed by atoms with Crippen molar-refractivity contribution in [2.75, 3.05) is 0 Å². The lowest BCUT2D eigenvalue weighted by Crippen LogP contribution is -2.15. The molecule has 0 atom stereocenters. The zero-order chi connectivity index (χ0) is 12.4. The van der Waals surface area contributed by atoms with Crippen molar-refractivity contribution in [3.05, 3.63) is 23.3 Å². The van der Waals surface area contributed by atoms with Crippen molar-refractivity contribution in [1.82, 2.24) is 20.1 Å². The summed E-state index contributed by atoms with van der Waals surface area (Å²) in [6.07, 6.45) is 5.59. The van der Waals surface area contributed by atoms with Crippen molar-refractivity contribution in [3.8, 4) is 10.7 Å². The van der Waals surface area contributed by atoms with E-state index in [4.69, 9.17) is 4.98 Å². The predicted molar refractivity (Wildman–Crippen MR) is 73.5 cm³/mol. The van der Waals surface area contributed by atoms with Gasteiger partial charge in [0.25, 0.3) is 0 Å². The Labute approximate surface area is 111 Å². The van der Waals surface area contributed by atoms with Gasteiger partial charge in [-0.2, -0.15) is 5.10 Å². The van der Waals surface area contributed by atoms with Gasteiger partial charge < -0.3 is 5.32 Å². The molecule has 0 saturated heterocycles. The molecule has 1 N–H and O–H groups in total. The molecule has 0 spiro atoms. The lowest BCUT2D eigenvalue weighted by atomic mass is 10.4. The van der Waals surface area contributed by atoms with Gasteiger partial charge in [0.2, 0.25) is 0 Å². The lowest BCUT2D eigenvalue weighted by Gasteiger charge is -2.02. The Kier molecular flexibility index (Phi) is 3.43. The van der Waals surface area contributed by atoms with Crippen LogP contribution in [0.15, 0.2) is 17.6 Å². The number of rotatable bonds is 6. The third kappa shape index (κ3) is 2.62. The summed E-state index contributed by atoms with van der Waals surface area (Å²) in [5.74, 6) is 0. The van der Waals surface area contributed by atoms with Gasteiger partial charge >= 0.3 is 0 Å². The number of nitrogens with zero attached hydrogens (tertiary/aromatic N) is 3. The van der Waals surface area contributed by atoms with Crippen LogP contribution in [0.1, 0.15) is 31.9 Å². The maximum absolute atomic E-state index is 4.69. The fourth-order valence-corrected chi connectivity index (χ4v) is 2.79. The fourth-order valence-electron chi connectivity index (χ4n) is 1.95. The van der Waals surface area contributed by atoms with Gasteiger partial charge in [-0.1, -0.05) is 6.92 Å². The number of nitrogens with one attached hydrogen (secondary N) is 1. The van der Waals surface area contributed by atoms with Gasteiger partial charge in [0.1, 0.15) is 5.01 Å². The van der Waals surface area contributed by atoms with E-state index in [1.165, 1.54) is 12.8 Å². The van der Waals surface area contributed by atoms with Gasteiger partial charge in [0, 0.05) is 30.7 Å². The Hall–Kier alpha value is -1.20. The van der Waals surface area contributed by atoms with Crippen LogP contribution in [0.4, 0.5) is 0 Å². The first-order valence-electron chi connectivity index (χ1n) is 6.57. The second-order valence-electron chi connectivity index (χ2n) is 4.74. The van der Waals surface area contributed by atoms with Gasteiger partial charge in [-0.05, 0) is 25.3 Å². The van der Waals surface area contributed by atoms with E-state index in [0.29, 0.717) is 0 Å². The number of hydrogen-bond acceptors (Lipinski definition) is 4. The van der Waals surface area contributed by atoms with Crippen LogP contribution in [-0.4, -0.2) is 20.8 Å². The molecule has 0 aliphatic heterocycles. The van der Waals surface area contributed by atoms with Gasteiger partial charge in [-0.15, -0.1) is 11.3 Å². The van der Waals surface area contributed by atoms with Gasteiger partial charge in [0.15, 0.2) is 0 Å². The standard InChI is InChI=1S/C13H18N4S/c1-2-7-17-12(5-6-15-17)13-16-11(9-18-13)8-14-10-3-4-10/h5-6,9-10,14H,2-4,7-8H2,1H3. The van der Waals surface area contributed by atoms with E-state index in [1.54, 1.807) is 11.3 Å². The van der Waals surface area contributed by atoms with Crippen LogP contribution < -0.4 is 5.32 Å². The van der Waals surface area contributed by atoms with E-state index in [1.807, 2.05) is 16.9 Å². The Morgan fingerprint density at radius 2 is 2.39 bits per heavy atom. The molecule has 3 rings (SSSR count). The molecule has 1 saturated carbocycles. The Morgan fingerprint density at radius 1 is 1.50 bits per heavy atom. The van der Waals surface area contributed by atoms with Gasteiger partial charge in [-0.25, -0.2) is 4.98 Å². The first-order valence-corrected chi connectivity index (χ1v) is 7.44. The zero-order valence-corrected chi connectivity index (χ0v) is 11.4. The van der Waals surface area contributed by atoms with Gasteiger partial charge in [-0.3, -0.25) is 4.68 Å². The second-order valence-corrected chi connectivity index (χ2v) is 5.60. The number of thiazole rings is 1. The van der Waals surface area contributed by atoms with Crippen molar-refractivity contribution < 1.29 is 0 Å². The second kappa shape index (κ2) is 5.20. The molecular weight excluding hydrogens is 244 g/mol. The Morgan fingerprint density at radius 3 is 3.17 bits per heavy atom. The van der Waals surface area contributed by atoms with Crippen LogP contribution in [0.2, 0.25) is 0 Å². The molecular formula is C13H18N4S. The Balaban J connectivity index is 1.72. The molecule has 0 aromatic carbocycles. The molecule has 2 heterocycles. The SMILES string of the molecule is CCCn1nccc1-c1nc(CNC2CC2)cs1. The van der Waals surface area contributed by atoms with Crippen molar-refractivity contribution >= 4 is 11.3 Å². The maximum atomic E-state index is 4.69. The summed E-state index contributed by atoms with van der Waals surface area (Å²) >= 11 is 1.71. The lowest BCUT2D eigenvalue weighted by molar-refractivity contribution is 0.608. The maximum Gasteiger partial charge on any atom is 0.141 e. The number of aromatic nitrogens is 3. The average molecular weight is 262 g/mol. The zero-order valence-electron chi connectivity index (χ0n) is 10.6. The molecule has 2 aromatic rings. The van der Waals surface area contributed by atoms with E-state index < -0.39 is 0 Å². The molecule has 0 amide bonds. The van der Waals surface area contributed by atoms with Crippen LogP contribution in [-0.2, 0) is 13.1 Å². The average Bonchev–Trinajstić information content (AvgIpc) is 2.89. The first kappa shape index (κ1) is 11.9. The van der Waals surface area contributed by atoms with Crippen molar-refractivity contribution in [3.63, 3.8) is 0 Å². The predicted octanol–water partition coefficient (Wildman–Crippen LogP) is 2.67. The third-order valence-electron chi connectivity index (χ3n) is 3.07. The molecule has 1 aliphatic rings. The van der Waals surface area contributed by atoms with Crippen molar-refractivity contribution in [1.29, 1.82) is 0 Å². The van der Waals surface area contributed by atoms with E-state index in [2.05, 4.69) is 22.7 Å². The molecule has 0 unspecified atom stereocenters. The summed E-state index contributed by atoms with van der Waals surface area (Å²) in [5, 5.41) is 11.1. The fraction of sp³-hybridized carbons (Fsp3) is 0.538. The van der Waals surface area contributed by atoms with E-state index in [-0.39, 0.29) is 0 Å². The molecule has 0 radical (unpaired) electrons. The summed E-state index contributed by atoms with van der Waals surface area (Å²) in [5.41, 5.74) is 2.28. The highest BCUT2D eigenvalue weighted by molar-refractivity contribution is 7.13. The summed E-state index contributed by atoms with van der Waals surface area (Å²) in [6.45, 7) is 4.01. The van der Waals surface area contributed by atoms with Crippen LogP contribution >= 0.6 is 11.3 Å². The topological polar surface area (TPSA) is 42.7 Å². The van der Waals surface area contributed by atoms with E-state index in [9.17, 15) is 0 Å². The molecule has 18 heavy (non-hydrogen) atoms. The van der Waals surface area contributed by atoms with E-state index in [0.717, 1.165) is 41.9 Å². The molecule has 0 bridgehead atoms. The monoisotopic (exact) mass is 262 g/mol. The largest absolute Gasteiger partial charge is 0.308 e. The molecule has 1 aliphatic carbocycles. The molecule has 1 fully saturated rings. The number of hydrogen-bond donors (Lipinski definition) is 1. The third-order valence-corrected chi connectivity index (χ3v) is 3.99. The molecule has 5 heteroatoms. The van der Waals surface area contributed by atoms with E-state index >= 15 is 0 Å².